The molecule has 0 nitrogen and oxygen atoms in total. The molecule has 0 aromatic rings. The summed E-state index contributed by atoms with van der Waals surface area (Å²) in [7, 11) is 0. The molecule has 0 aliphatic carbocycles. The molecule has 0 aliphatic rings. The fraction of sp³-hybridized carbons (Fsp3) is 1.00. The van der Waals surface area contributed by atoms with Crippen LogP contribution in [0.25, 0.3) is 0 Å². The van der Waals surface area contributed by atoms with E-state index in [-0.39, 0.29) is 0 Å². The van der Waals surface area contributed by atoms with Crippen molar-refractivity contribution in [1.82, 2.24) is 0 Å². The minimum atomic E-state index is 0.500. The molecule has 0 aromatic heterocycles. The van der Waals surface area contributed by atoms with Gasteiger partial charge in [-0.25, -0.2) is 0 Å². The second-order valence-electron chi connectivity index (χ2n) is 11.5. The molecule has 0 spiro atoms. The third-order valence-corrected chi connectivity index (χ3v) is 2.69. The Bertz CT molecular complexity index is 199. The van der Waals surface area contributed by atoms with Crippen molar-refractivity contribution in [3.05, 3.63) is 0 Å². The molecule has 0 bridgehead atoms. The zero-order valence-electron chi connectivity index (χ0n) is 18.1. The van der Waals surface area contributed by atoms with Crippen LogP contribution in [0.4, 0.5) is 0 Å². The summed E-state index contributed by atoms with van der Waals surface area (Å²) in [5.74, 6) is 0. The molecule has 0 unspecified atom stereocenters. The summed E-state index contributed by atoms with van der Waals surface area (Å²) in [4.78, 5) is 0. The summed E-state index contributed by atoms with van der Waals surface area (Å²) >= 11 is 0. The van der Waals surface area contributed by atoms with Crippen LogP contribution in [0.5, 0.6) is 0 Å². The van der Waals surface area contributed by atoms with E-state index in [4.69, 9.17) is 0 Å². The average Bonchev–Trinajstić information content (AvgIpc) is 2.10. The van der Waals surface area contributed by atoms with E-state index < -0.39 is 0 Å². The lowest BCUT2D eigenvalue weighted by atomic mass is 9.81. The lowest BCUT2D eigenvalue weighted by Crippen LogP contribution is -2.12. The van der Waals surface area contributed by atoms with Crippen molar-refractivity contribution < 1.29 is 0 Å². The molecule has 0 aliphatic heterocycles. The van der Waals surface area contributed by atoms with Gasteiger partial charge in [0.05, 0.1) is 0 Å². The summed E-state index contributed by atoms with van der Waals surface area (Å²) in [6.07, 6.45) is 3.93. The molecule has 0 rings (SSSR count). The van der Waals surface area contributed by atoms with Gasteiger partial charge in [-0.1, -0.05) is 103 Å². The predicted molar refractivity (Wildman–Crippen MR) is 103 cm³/mol. The lowest BCUT2D eigenvalue weighted by molar-refractivity contribution is 0.275. The molecule has 0 amide bonds. The van der Waals surface area contributed by atoms with Crippen LogP contribution in [-0.4, -0.2) is 0 Å². The van der Waals surface area contributed by atoms with Gasteiger partial charge in [0.15, 0.2) is 0 Å². The highest BCUT2D eigenvalue weighted by atomic mass is 14.2. The minimum Gasteiger partial charge on any atom is -0.0649 e. The van der Waals surface area contributed by atoms with Crippen molar-refractivity contribution in [3.63, 3.8) is 0 Å². The molecular formula is C21H48. The van der Waals surface area contributed by atoms with E-state index in [0.29, 0.717) is 21.7 Å². The zero-order valence-corrected chi connectivity index (χ0v) is 18.1. The number of rotatable bonds is 1. The van der Waals surface area contributed by atoms with Crippen LogP contribution in [0.2, 0.25) is 0 Å². The third-order valence-electron chi connectivity index (χ3n) is 2.69. The van der Waals surface area contributed by atoms with Gasteiger partial charge in [0, 0.05) is 0 Å². The molecule has 0 radical (unpaired) electrons. The molecule has 0 N–H and O–H groups in total. The van der Waals surface area contributed by atoms with Gasteiger partial charge in [0.1, 0.15) is 0 Å². The Balaban J connectivity index is -0.000000252. The average molecular weight is 301 g/mol. The van der Waals surface area contributed by atoms with Gasteiger partial charge in [-0.05, 0) is 34.5 Å². The van der Waals surface area contributed by atoms with Crippen molar-refractivity contribution >= 4 is 0 Å². The van der Waals surface area contributed by atoms with E-state index in [9.17, 15) is 0 Å². The highest BCUT2D eigenvalue weighted by Crippen LogP contribution is 2.29. The van der Waals surface area contributed by atoms with Gasteiger partial charge in [-0.2, -0.15) is 0 Å². The quantitative estimate of drug-likeness (QED) is 0.456. The van der Waals surface area contributed by atoms with E-state index in [1.54, 1.807) is 0 Å². The van der Waals surface area contributed by atoms with Crippen LogP contribution in [-0.2, 0) is 0 Å². The Morgan fingerprint density at radius 2 is 0.571 bits per heavy atom. The van der Waals surface area contributed by atoms with Crippen LogP contribution in [0.3, 0.4) is 0 Å². The summed E-state index contributed by atoms with van der Waals surface area (Å²) in [6, 6.07) is 0. The highest BCUT2D eigenvalue weighted by molar-refractivity contribution is 4.68. The van der Waals surface area contributed by atoms with Gasteiger partial charge in [-0.3, -0.25) is 0 Å². The molecule has 0 atom stereocenters. The normalized spacial score (nSPS) is 12.9. The van der Waals surface area contributed by atoms with Crippen molar-refractivity contribution in [2.24, 2.45) is 21.7 Å². The standard InChI is InChI=1S/C10H22.C6H14.C5H12/c1-9(2,3)7-8-10(4,5)6;1-5-6(2,3)4;1-5(2,3)4/h7-8H2,1-6H3;5H2,1-4H3;1-4H3. The van der Waals surface area contributed by atoms with Crippen molar-refractivity contribution in [3.8, 4) is 0 Å². The lowest BCUT2D eigenvalue weighted by Gasteiger charge is -2.24. The number of hydrogen-bond donors (Lipinski definition) is 0. The zero-order chi connectivity index (χ0) is 18.1. The van der Waals surface area contributed by atoms with E-state index >= 15 is 0 Å². The smallest absolute Gasteiger partial charge is 0.0382 e. The Labute approximate surface area is 138 Å². The summed E-state index contributed by atoms with van der Waals surface area (Å²) in [5, 5.41) is 0. The second kappa shape index (κ2) is 9.90. The fourth-order valence-electron chi connectivity index (χ4n) is 0.750. The Hall–Kier alpha value is 0. The van der Waals surface area contributed by atoms with Crippen LogP contribution in [0.1, 0.15) is 116 Å². The predicted octanol–water partition coefficient (Wildman–Crippen LogP) is 8.35. The van der Waals surface area contributed by atoms with Crippen LogP contribution < -0.4 is 0 Å². The fourth-order valence-corrected chi connectivity index (χ4v) is 0.750. The van der Waals surface area contributed by atoms with E-state index in [2.05, 4.69) is 96.9 Å². The van der Waals surface area contributed by atoms with Gasteiger partial charge in [0.2, 0.25) is 0 Å². The Kier molecular flexibility index (Phi) is 12.2. The first-order valence-corrected chi connectivity index (χ1v) is 8.77. The summed E-state index contributed by atoms with van der Waals surface area (Å²) in [5.41, 5.74) is 2.06. The summed E-state index contributed by atoms with van der Waals surface area (Å²) in [6.45, 7) is 31.5. The van der Waals surface area contributed by atoms with Crippen LogP contribution in [0, 0.1) is 21.7 Å². The first kappa shape index (κ1) is 25.9. The Morgan fingerprint density at radius 3 is 0.619 bits per heavy atom. The van der Waals surface area contributed by atoms with E-state index in [1.165, 1.54) is 19.3 Å². The Morgan fingerprint density at radius 1 is 0.429 bits per heavy atom. The maximum Gasteiger partial charge on any atom is -0.0382 e. The van der Waals surface area contributed by atoms with Crippen LogP contribution in [0.15, 0.2) is 0 Å². The van der Waals surface area contributed by atoms with Gasteiger partial charge in [-0.15, -0.1) is 0 Å². The van der Waals surface area contributed by atoms with Gasteiger partial charge in [0.25, 0.3) is 0 Å². The molecule has 132 valence electrons. The highest BCUT2D eigenvalue weighted by Gasteiger charge is 2.16. The summed E-state index contributed by atoms with van der Waals surface area (Å²) < 4.78 is 0. The topological polar surface area (TPSA) is 0 Å². The monoisotopic (exact) mass is 300 g/mol. The SMILES string of the molecule is CC(C)(C)C.CC(C)(C)CCC(C)(C)C.CCC(C)(C)C. The minimum absolute atomic E-state index is 0.500. The van der Waals surface area contributed by atoms with Gasteiger partial charge >= 0.3 is 0 Å². The van der Waals surface area contributed by atoms with Crippen molar-refractivity contribution in [2.45, 2.75) is 116 Å². The molecule has 0 saturated heterocycles. The van der Waals surface area contributed by atoms with Gasteiger partial charge < -0.3 is 0 Å². The number of hydrogen-bond acceptors (Lipinski definition) is 0. The second-order valence-corrected chi connectivity index (χ2v) is 11.5. The van der Waals surface area contributed by atoms with Crippen LogP contribution >= 0.6 is 0 Å². The van der Waals surface area contributed by atoms with E-state index in [0.717, 1.165) is 0 Å². The largest absolute Gasteiger partial charge is 0.0649 e. The molecular weight excluding hydrogens is 252 g/mol. The molecule has 0 heteroatoms. The van der Waals surface area contributed by atoms with E-state index in [1.807, 2.05) is 0 Å². The maximum atomic E-state index is 2.30. The molecule has 0 saturated carbocycles. The first-order chi connectivity index (χ1) is 8.77. The van der Waals surface area contributed by atoms with Crippen molar-refractivity contribution in [1.29, 1.82) is 0 Å². The third kappa shape index (κ3) is 64.8. The first-order valence-electron chi connectivity index (χ1n) is 8.77. The van der Waals surface area contributed by atoms with Crippen molar-refractivity contribution in [2.75, 3.05) is 0 Å². The molecule has 0 fully saturated rings. The molecule has 0 aromatic carbocycles. The maximum absolute atomic E-state index is 2.30. The molecule has 21 heavy (non-hydrogen) atoms. The molecule has 0 heterocycles.